The molecule has 1 aliphatic heterocycles. The summed E-state index contributed by atoms with van der Waals surface area (Å²) in [4.78, 5) is 35.4. The van der Waals surface area contributed by atoms with Gasteiger partial charge in [-0.1, -0.05) is 12.1 Å². The second-order valence-corrected chi connectivity index (χ2v) is 4.98. The molecule has 22 heavy (non-hydrogen) atoms. The molecule has 3 amide bonds. The molecule has 1 aromatic carbocycles. The number of hydrogen-bond donors (Lipinski definition) is 3. The highest BCUT2D eigenvalue weighted by molar-refractivity contribution is 6.00. The van der Waals surface area contributed by atoms with Crippen LogP contribution in [0.25, 0.3) is 0 Å². The number of fused-ring (bicyclic) bond motifs is 1. The number of nitrogens with one attached hydrogen (secondary N) is 3. The summed E-state index contributed by atoms with van der Waals surface area (Å²) >= 11 is 0. The standard InChI is InChI=1S/C15H19N3O4/c1-3-16-14(20)9(2)17-13(19)8-12-15(21)18-10-6-4-5-7-11(10)22-12/h4-7,9,12H,3,8H2,1-2H3,(H,16,20)(H,17,19)(H,18,21)/t9-,12+/m1/s1. The molecule has 0 bridgehead atoms. The summed E-state index contributed by atoms with van der Waals surface area (Å²) in [5, 5.41) is 7.85. The minimum atomic E-state index is -0.906. The summed E-state index contributed by atoms with van der Waals surface area (Å²) in [6.45, 7) is 3.87. The second kappa shape index (κ2) is 6.93. The van der Waals surface area contributed by atoms with E-state index in [0.717, 1.165) is 0 Å². The van der Waals surface area contributed by atoms with Crippen molar-refractivity contribution in [3.05, 3.63) is 24.3 Å². The summed E-state index contributed by atoms with van der Waals surface area (Å²) in [7, 11) is 0. The molecule has 2 atom stereocenters. The number of para-hydroxylation sites is 2. The Hall–Kier alpha value is -2.57. The van der Waals surface area contributed by atoms with E-state index in [2.05, 4.69) is 16.0 Å². The van der Waals surface area contributed by atoms with Crippen molar-refractivity contribution in [3.8, 4) is 5.75 Å². The van der Waals surface area contributed by atoms with E-state index in [1.807, 2.05) is 0 Å². The van der Waals surface area contributed by atoms with E-state index in [1.54, 1.807) is 38.1 Å². The van der Waals surface area contributed by atoms with Gasteiger partial charge in [0.2, 0.25) is 11.8 Å². The van der Waals surface area contributed by atoms with Gasteiger partial charge in [-0.3, -0.25) is 14.4 Å². The molecular weight excluding hydrogens is 286 g/mol. The van der Waals surface area contributed by atoms with Gasteiger partial charge in [-0.25, -0.2) is 0 Å². The van der Waals surface area contributed by atoms with E-state index in [0.29, 0.717) is 18.0 Å². The van der Waals surface area contributed by atoms with Crippen LogP contribution in [0.15, 0.2) is 24.3 Å². The average Bonchev–Trinajstić information content (AvgIpc) is 2.48. The van der Waals surface area contributed by atoms with Gasteiger partial charge in [0.05, 0.1) is 12.1 Å². The van der Waals surface area contributed by atoms with Gasteiger partial charge in [-0.15, -0.1) is 0 Å². The Labute approximate surface area is 128 Å². The van der Waals surface area contributed by atoms with E-state index in [9.17, 15) is 14.4 Å². The average molecular weight is 305 g/mol. The highest BCUT2D eigenvalue weighted by Crippen LogP contribution is 2.29. The van der Waals surface area contributed by atoms with Crippen LogP contribution < -0.4 is 20.7 Å². The Balaban J connectivity index is 1.92. The van der Waals surface area contributed by atoms with Gasteiger partial charge in [0.15, 0.2) is 6.10 Å². The summed E-state index contributed by atoms with van der Waals surface area (Å²) in [6.07, 6.45) is -1.06. The number of ether oxygens (including phenoxy) is 1. The number of hydrogen-bond acceptors (Lipinski definition) is 4. The van der Waals surface area contributed by atoms with Gasteiger partial charge in [-0.05, 0) is 26.0 Å². The molecule has 0 saturated carbocycles. The smallest absolute Gasteiger partial charge is 0.266 e. The van der Waals surface area contributed by atoms with Gasteiger partial charge >= 0.3 is 0 Å². The number of carbonyl (C=O) groups is 3. The van der Waals surface area contributed by atoms with Crippen molar-refractivity contribution in [2.45, 2.75) is 32.4 Å². The Morgan fingerprint density at radius 2 is 2.09 bits per heavy atom. The van der Waals surface area contributed by atoms with Crippen molar-refractivity contribution in [3.63, 3.8) is 0 Å². The third-order valence-corrected chi connectivity index (χ3v) is 3.20. The van der Waals surface area contributed by atoms with E-state index in [-0.39, 0.29) is 18.2 Å². The molecule has 1 heterocycles. The molecule has 118 valence electrons. The topological polar surface area (TPSA) is 96.5 Å². The Morgan fingerprint density at radius 1 is 1.36 bits per heavy atom. The number of carbonyl (C=O) groups excluding carboxylic acids is 3. The molecular formula is C15H19N3O4. The normalized spacial score (nSPS) is 17.5. The van der Waals surface area contributed by atoms with Crippen molar-refractivity contribution in [1.82, 2.24) is 10.6 Å². The van der Waals surface area contributed by atoms with Gasteiger partial charge in [0.25, 0.3) is 5.91 Å². The van der Waals surface area contributed by atoms with Crippen molar-refractivity contribution in [2.75, 3.05) is 11.9 Å². The molecule has 1 aromatic rings. The number of rotatable bonds is 5. The fourth-order valence-electron chi connectivity index (χ4n) is 2.09. The monoisotopic (exact) mass is 305 g/mol. The van der Waals surface area contributed by atoms with Crippen molar-refractivity contribution in [2.24, 2.45) is 0 Å². The largest absolute Gasteiger partial charge is 0.478 e. The molecule has 0 unspecified atom stereocenters. The molecule has 1 aliphatic rings. The molecule has 7 nitrogen and oxygen atoms in total. The van der Waals surface area contributed by atoms with E-state index < -0.39 is 18.1 Å². The number of amides is 3. The molecule has 2 rings (SSSR count). The van der Waals surface area contributed by atoms with Crippen LogP contribution in [0.3, 0.4) is 0 Å². The molecule has 0 fully saturated rings. The quantitative estimate of drug-likeness (QED) is 0.734. The van der Waals surface area contributed by atoms with Gasteiger partial charge in [0, 0.05) is 6.54 Å². The molecule has 0 saturated heterocycles. The van der Waals surface area contributed by atoms with Crippen LogP contribution in [0.4, 0.5) is 5.69 Å². The molecule has 0 radical (unpaired) electrons. The van der Waals surface area contributed by atoms with Crippen molar-refractivity contribution >= 4 is 23.4 Å². The van der Waals surface area contributed by atoms with Crippen LogP contribution in [0.5, 0.6) is 5.75 Å². The van der Waals surface area contributed by atoms with Gasteiger partial charge < -0.3 is 20.7 Å². The first-order chi connectivity index (χ1) is 10.5. The predicted molar refractivity (Wildman–Crippen MR) is 80.4 cm³/mol. The van der Waals surface area contributed by atoms with Crippen LogP contribution in [-0.2, 0) is 14.4 Å². The maximum atomic E-state index is 11.9. The van der Waals surface area contributed by atoms with Crippen LogP contribution in [0.1, 0.15) is 20.3 Å². The lowest BCUT2D eigenvalue weighted by molar-refractivity contribution is -0.132. The zero-order chi connectivity index (χ0) is 16.1. The maximum Gasteiger partial charge on any atom is 0.266 e. The lowest BCUT2D eigenvalue weighted by atomic mass is 10.1. The maximum absolute atomic E-state index is 11.9. The Morgan fingerprint density at radius 3 is 2.82 bits per heavy atom. The second-order valence-electron chi connectivity index (χ2n) is 4.98. The first-order valence-corrected chi connectivity index (χ1v) is 7.15. The number of anilines is 1. The molecule has 0 aliphatic carbocycles. The number of benzene rings is 1. The third kappa shape index (κ3) is 3.75. The summed E-state index contributed by atoms with van der Waals surface area (Å²) in [5.41, 5.74) is 0.583. The van der Waals surface area contributed by atoms with Crippen molar-refractivity contribution in [1.29, 1.82) is 0 Å². The minimum absolute atomic E-state index is 0.149. The highest BCUT2D eigenvalue weighted by atomic mass is 16.5. The zero-order valence-corrected chi connectivity index (χ0v) is 12.5. The highest BCUT2D eigenvalue weighted by Gasteiger charge is 2.30. The Bertz CT molecular complexity index is 588. The number of likely N-dealkylation sites (N-methyl/N-ethyl adjacent to an activating group) is 1. The zero-order valence-electron chi connectivity index (χ0n) is 12.5. The lowest BCUT2D eigenvalue weighted by Gasteiger charge is -2.25. The van der Waals surface area contributed by atoms with E-state index in [4.69, 9.17) is 4.74 Å². The summed E-state index contributed by atoms with van der Waals surface area (Å²) in [5.74, 6) is -0.537. The first-order valence-electron chi connectivity index (χ1n) is 7.15. The van der Waals surface area contributed by atoms with Crippen LogP contribution in [0, 0.1) is 0 Å². The SMILES string of the molecule is CCNC(=O)[C@@H](C)NC(=O)C[C@@H]1Oc2ccccc2NC1=O. The lowest BCUT2D eigenvalue weighted by Crippen LogP contribution is -2.47. The predicted octanol–water partition coefficient (Wildman–Crippen LogP) is 0.417. The van der Waals surface area contributed by atoms with Crippen LogP contribution in [-0.4, -0.2) is 36.4 Å². The van der Waals surface area contributed by atoms with Crippen LogP contribution in [0.2, 0.25) is 0 Å². The van der Waals surface area contributed by atoms with Crippen molar-refractivity contribution < 1.29 is 19.1 Å². The molecule has 0 aromatic heterocycles. The molecule has 7 heteroatoms. The molecule has 0 spiro atoms. The fourth-order valence-corrected chi connectivity index (χ4v) is 2.09. The molecule has 3 N–H and O–H groups in total. The minimum Gasteiger partial charge on any atom is -0.478 e. The summed E-state index contributed by atoms with van der Waals surface area (Å²) < 4.78 is 5.53. The Kier molecular flexibility index (Phi) is 4.98. The summed E-state index contributed by atoms with van der Waals surface area (Å²) in [6, 6.07) is 6.35. The van der Waals surface area contributed by atoms with E-state index >= 15 is 0 Å². The van der Waals surface area contributed by atoms with Gasteiger partial charge in [0.1, 0.15) is 11.8 Å². The van der Waals surface area contributed by atoms with Gasteiger partial charge in [-0.2, -0.15) is 0 Å². The van der Waals surface area contributed by atoms with E-state index in [1.165, 1.54) is 0 Å². The third-order valence-electron chi connectivity index (χ3n) is 3.20. The fraction of sp³-hybridized carbons (Fsp3) is 0.400. The first kappa shape index (κ1) is 15.8. The van der Waals surface area contributed by atoms with Crippen LogP contribution >= 0.6 is 0 Å².